The molecule has 0 radical (unpaired) electrons. The summed E-state index contributed by atoms with van der Waals surface area (Å²) in [6.07, 6.45) is 1.14. The van der Waals surface area contributed by atoms with Crippen LogP contribution in [0, 0.1) is 5.92 Å². The largest absolute Gasteiger partial charge is 0.481 e. The standard InChI is InChI=1S/C20H31N3O3/c1-16(2)15-22-10-12-23(13-11-22)20(26)21-18(8-9-19(24)25)14-17-6-4-3-5-7-17/h3-7,16,18H,8-15H2,1-2H3,(H,21,26)(H,24,25). The lowest BCUT2D eigenvalue weighted by molar-refractivity contribution is -0.137. The van der Waals surface area contributed by atoms with Gasteiger partial charge in [-0.15, -0.1) is 0 Å². The summed E-state index contributed by atoms with van der Waals surface area (Å²) in [6, 6.07) is 9.62. The van der Waals surface area contributed by atoms with Crippen LogP contribution in [0.25, 0.3) is 0 Å². The van der Waals surface area contributed by atoms with Crippen molar-refractivity contribution in [3.05, 3.63) is 35.9 Å². The molecule has 2 rings (SSSR count). The molecule has 0 bridgehead atoms. The second-order valence-electron chi connectivity index (χ2n) is 7.45. The number of nitrogens with one attached hydrogen (secondary N) is 1. The molecule has 1 saturated heterocycles. The highest BCUT2D eigenvalue weighted by molar-refractivity contribution is 5.75. The van der Waals surface area contributed by atoms with E-state index >= 15 is 0 Å². The van der Waals surface area contributed by atoms with Crippen LogP contribution in [-0.4, -0.2) is 65.7 Å². The Morgan fingerprint density at radius 2 is 1.77 bits per heavy atom. The molecule has 1 unspecified atom stereocenters. The van der Waals surface area contributed by atoms with Gasteiger partial charge in [-0.25, -0.2) is 4.79 Å². The van der Waals surface area contributed by atoms with Crippen LogP contribution in [0.3, 0.4) is 0 Å². The van der Waals surface area contributed by atoms with Crippen molar-refractivity contribution >= 4 is 12.0 Å². The van der Waals surface area contributed by atoms with Gasteiger partial charge in [-0.3, -0.25) is 9.69 Å². The molecule has 1 aromatic rings. The normalized spacial score (nSPS) is 16.5. The lowest BCUT2D eigenvalue weighted by atomic mass is 10.0. The molecule has 1 fully saturated rings. The molecular weight excluding hydrogens is 330 g/mol. The van der Waals surface area contributed by atoms with Gasteiger partial charge in [0.25, 0.3) is 0 Å². The molecule has 1 aliphatic heterocycles. The Morgan fingerprint density at radius 1 is 1.12 bits per heavy atom. The molecular formula is C20H31N3O3. The van der Waals surface area contributed by atoms with Crippen LogP contribution >= 0.6 is 0 Å². The Morgan fingerprint density at radius 3 is 2.35 bits per heavy atom. The quantitative estimate of drug-likeness (QED) is 0.746. The average molecular weight is 361 g/mol. The number of amides is 2. The molecule has 1 atom stereocenters. The lowest BCUT2D eigenvalue weighted by Gasteiger charge is -2.36. The molecule has 0 aromatic heterocycles. The summed E-state index contributed by atoms with van der Waals surface area (Å²) in [5.41, 5.74) is 1.10. The summed E-state index contributed by atoms with van der Waals surface area (Å²) >= 11 is 0. The highest BCUT2D eigenvalue weighted by atomic mass is 16.4. The third kappa shape index (κ3) is 7.04. The van der Waals surface area contributed by atoms with Crippen molar-refractivity contribution in [2.75, 3.05) is 32.7 Å². The Bertz CT molecular complexity index is 569. The first-order chi connectivity index (χ1) is 12.4. The Hall–Kier alpha value is -2.08. The van der Waals surface area contributed by atoms with E-state index in [-0.39, 0.29) is 18.5 Å². The van der Waals surface area contributed by atoms with E-state index < -0.39 is 5.97 Å². The van der Waals surface area contributed by atoms with E-state index in [1.807, 2.05) is 35.2 Å². The molecule has 6 nitrogen and oxygen atoms in total. The number of aliphatic carboxylic acids is 1. The van der Waals surface area contributed by atoms with Crippen molar-refractivity contribution in [2.24, 2.45) is 5.92 Å². The van der Waals surface area contributed by atoms with Gasteiger partial charge in [0.1, 0.15) is 0 Å². The van der Waals surface area contributed by atoms with E-state index in [2.05, 4.69) is 24.1 Å². The molecule has 0 saturated carbocycles. The fraction of sp³-hybridized carbons (Fsp3) is 0.600. The molecule has 2 N–H and O–H groups in total. The molecule has 1 aliphatic rings. The summed E-state index contributed by atoms with van der Waals surface area (Å²) < 4.78 is 0. The van der Waals surface area contributed by atoms with Crippen LogP contribution in [0.2, 0.25) is 0 Å². The van der Waals surface area contributed by atoms with Gasteiger partial charge in [-0.05, 0) is 24.3 Å². The minimum atomic E-state index is -0.834. The fourth-order valence-electron chi connectivity index (χ4n) is 3.34. The van der Waals surface area contributed by atoms with Gasteiger partial charge in [0.05, 0.1) is 0 Å². The first-order valence-corrected chi connectivity index (χ1v) is 9.47. The highest BCUT2D eigenvalue weighted by Crippen LogP contribution is 2.10. The second-order valence-corrected chi connectivity index (χ2v) is 7.45. The third-order valence-electron chi connectivity index (χ3n) is 4.64. The van der Waals surface area contributed by atoms with E-state index in [0.717, 1.165) is 38.3 Å². The van der Waals surface area contributed by atoms with Crippen molar-refractivity contribution in [1.29, 1.82) is 0 Å². The van der Waals surface area contributed by atoms with E-state index in [0.29, 0.717) is 18.8 Å². The van der Waals surface area contributed by atoms with E-state index in [9.17, 15) is 9.59 Å². The minimum Gasteiger partial charge on any atom is -0.481 e. The fourth-order valence-corrected chi connectivity index (χ4v) is 3.34. The first-order valence-electron chi connectivity index (χ1n) is 9.47. The van der Waals surface area contributed by atoms with Crippen molar-refractivity contribution in [3.8, 4) is 0 Å². The lowest BCUT2D eigenvalue weighted by Crippen LogP contribution is -2.54. The zero-order valence-electron chi connectivity index (χ0n) is 15.9. The minimum absolute atomic E-state index is 0.0555. The summed E-state index contributed by atoms with van der Waals surface area (Å²) in [4.78, 5) is 27.8. The summed E-state index contributed by atoms with van der Waals surface area (Å²) in [5.74, 6) is -0.207. The van der Waals surface area contributed by atoms with Gasteiger partial charge >= 0.3 is 12.0 Å². The van der Waals surface area contributed by atoms with Crippen molar-refractivity contribution < 1.29 is 14.7 Å². The van der Waals surface area contributed by atoms with Crippen molar-refractivity contribution in [2.45, 2.75) is 39.2 Å². The van der Waals surface area contributed by atoms with Gasteiger partial charge in [-0.2, -0.15) is 0 Å². The van der Waals surface area contributed by atoms with Crippen LogP contribution in [0.4, 0.5) is 4.79 Å². The number of carbonyl (C=O) groups is 2. The molecule has 2 amide bonds. The summed E-state index contributed by atoms with van der Waals surface area (Å²) in [5, 5.41) is 12.0. The second kappa shape index (κ2) is 10.2. The zero-order chi connectivity index (χ0) is 18.9. The SMILES string of the molecule is CC(C)CN1CCN(C(=O)NC(CCC(=O)O)Cc2ccccc2)CC1. The van der Waals surface area contributed by atoms with Crippen LogP contribution in [0.15, 0.2) is 30.3 Å². The maximum atomic E-state index is 12.6. The van der Waals surface area contributed by atoms with E-state index in [1.54, 1.807) is 0 Å². The average Bonchev–Trinajstić information content (AvgIpc) is 2.60. The Kier molecular flexibility index (Phi) is 7.91. The molecule has 26 heavy (non-hydrogen) atoms. The number of carboxylic acid groups (broad SMARTS) is 1. The van der Waals surface area contributed by atoms with Crippen LogP contribution in [0.1, 0.15) is 32.3 Å². The predicted molar refractivity (Wildman–Crippen MR) is 102 cm³/mol. The van der Waals surface area contributed by atoms with Gasteiger partial charge in [-0.1, -0.05) is 44.2 Å². The number of rotatable bonds is 8. The van der Waals surface area contributed by atoms with Crippen LogP contribution in [-0.2, 0) is 11.2 Å². The monoisotopic (exact) mass is 361 g/mol. The van der Waals surface area contributed by atoms with Crippen molar-refractivity contribution in [3.63, 3.8) is 0 Å². The van der Waals surface area contributed by atoms with Crippen LogP contribution in [0.5, 0.6) is 0 Å². The molecule has 1 heterocycles. The number of urea groups is 1. The molecule has 0 spiro atoms. The number of hydrogen-bond donors (Lipinski definition) is 2. The molecule has 1 aromatic carbocycles. The predicted octanol–water partition coefficient (Wildman–Crippen LogP) is 2.45. The van der Waals surface area contributed by atoms with E-state index in [1.165, 1.54) is 0 Å². The summed E-state index contributed by atoms with van der Waals surface area (Å²) in [7, 11) is 0. The highest BCUT2D eigenvalue weighted by Gasteiger charge is 2.23. The first kappa shape index (κ1) is 20.2. The summed E-state index contributed by atoms with van der Waals surface area (Å²) in [6.45, 7) is 8.69. The number of nitrogens with zero attached hydrogens (tertiary/aromatic N) is 2. The number of carboxylic acids is 1. The van der Waals surface area contributed by atoms with Gasteiger partial charge < -0.3 is 15.3 Å². The van der Waals surface area contributed by atoms with Crippen molar-refractivity contribution in [1.82, 2.24) is 15.1 Å². The van der Waals surface area contributed by atoms with Gasteiger partial charge in [0.15, 0.2) is 0 Å². The smallest absolute Gasteiger partial charge is 0.317 e. The molecule has 0 aliphatic carbocycles. The number of hydrogen-bond acceptors (Lipinski definition) is 3. The molecule has 6 heteroatoms. The number of piperazine rings is 1. The Balaban J connectivity index is 1.88. The zero-order valence-corrected chi connectivity index (χ0v) is 15.9. The van der Waals surface area contributed by atoms with Crippen LogP contribution < -0.4 is 5.32 Å². The van der Waals surface area contributed by atoms with Gasteiger partial charge in [0.2, 0.25) is 0 Å². The van der Waals surface area contributed by atoms with E-state index in [4.69, 9.17) is 5.11 Å². The number of carbonyl (C=O) groups excluding carboxylic acids is 1. The number of benzene rings is 1. The molecule has 144 valence electrons. The topological polar surface area (TPSA) is 72.9 Å². The maximum absolute atomic E-state index is 12.6. The van der Waals surface area contributed by atoms with Gasteiger partial charge in [0, 0.05) is 45.2 Å². The third-order valence-corrected chi connectivity index (χ3v) is 4.64. The maximum Gasteiger partial charge on any atom is 0.317 e. The Labute approximate surface area is 156 Å².